The molecule has 0 spiro atoms. The van der Waals surface area contributed by atoms with Crippen LogP contribution in [0.3, 0.4) is 0 Å². The molecule has 4 nitrogen and oxygen atoms in total. The Morgan fingerprint density at radius 1 is 0.741 bits per heavy atom. The van der Waals surface area contributed by atoms with Gasteiger partial charge in [0.05, 0.1) is 12.4 Å². The highest BCUT2D eigenvalue weighted by Gasteiger charge is 2.02. The summed E-state index contributed by atoms with van der Waals surface area (Å²) < 4.78 is 1.51. The number of aromatic nitrogens is 1. The highest BCUT2D eigenvalue weighted by Crippen LogP contribution is 2.14. The van der Waals surface area contributed by atoms with Crippen LogP contribution in [0.25, 0.3) is 6.20 Å². The van der Waals surface area contributed by atoms with Gasteiger partial charge in [0.15, 0.2) is 11.5 Å². The minimum absolute atomic E-state index is 0.434. The summed E-state index contributed by atoms with van der Waals surface area (Å²) in [5.41, 5.74) is -0.730. The maximum atomic E-state index is 11.2. The Hall–Kier alpha value is -1.71. The van der Waals surface area contributed by atoms with E-state index >= 15 is 0 Å². The highest BCUT2D eigenvalue weighted by molar-refractivity contribution is 5.34. The van der Waals surface area contributed by atoms with Crippen LogP contribution in [0.15, 0.2) is 23.3 Å². The number of allylic oxidation sites excluding steroid dienone is 1. The van der Waals surface area contributed by atoms with Crippen LogP contribution < -0.4 is 5.43 Å². The van der Waals surface area contributed by atoms with Crippen molar-refractivity contribution < 1.29 is 10.2 Å². The van der Waals surface area contributed by atoms with E-state index in [-0.39, 0.29) is 0 Å². The zero-order chi connectivity index (χ0) is 19.7. The summed E-state index contributed by atoms with van der Waals surface area (Å²) in [6, 6.07) is 0. The van der Waals surface area contributed by atoms with Crippen molar-refractivity contribution in [2.24, 2.45) is 0 Å². The zero-order valence-electron chi connectivity index (χ0n) is 17.2. The van der Waals surface area contributed by atoms with Crippen LogP contribution in [0.2, 0.25) is 0 Å². The smallest absolute Gasteiger partial charge is 0.264 e. The molecule has 27 heavy (non-hydrogen) atoms. The Morgan fingerprint density at radius 2 is 1.15 bits per heavy atom. The molecule has 0 amide bonds. The molecule has 1 rings (SSSR count). The molecule has 0 aliphatic carbocycles. The Balaban J connectivity index is 1.91. The molecule has 0 aliphatic rings. The molecule has 0 unspecified atom stereocenters. The molecule has 0 atom stereocenters. The van der Waals surface area contributed by atoms with Gasteiger partial charge in [0, 0.05) is 6.20 Å². The second-order valence-corrected chi connectivity index (χ2v) is 7.57. The van der Waals surface area contributed by atoms with E-state index in [1.807, 2.05) is 6.08 Å². The molecule has 154 valence electrons. The summed E-state index contributed by atoms with van der Waals surface area (Å²) in [5.74, 6) is -0.868. The number of rotatable bonds is 16. The summed E-state index contributed by atoms with van der Waals surface area (Å²) in [4.78, 5) is 11.2. The van der Waals surface area contributed by atoms with Crippen molar-refractivity contribution >= 4 is 6.20 Å². The minimum Gasteiger partial charge on any atom is -0.503 e. The first-order chi connectivity index (χ1) is 13.1. The molecule has 0 aliphatic heterocycles. The molecule has 2 N–H and O–H groups in total. The van der Waals surface area contributed by atoms with Crippen LogP contribution >= 0.6 is 0 Å². The van der Waals surface area contributed by atoms with Crippen LogP contribution in [-0.2, 0) is 0 Å². The molecule has 0 aromatic carbocycles. The van der Waals surface area contributed by atoms with Gasteiger partial charge in [-0.2, -0.15) is 0 Å². The first-order valence-electron chi connectivity index (χ1n) is 11.0. The maximum Gasteiger partial charge on any atom is 0.264 e. The third-order valence-corrected chi connectivity index (χ3v) is 5.01. The van der Waals surface area contributed by atoms with Crippen molar-refractivity contribution in [1.82, 2.24) is 4.57 Å². The van der Waals surface area contributed by atoms with E-state index in [1.165, 1.54) is 100 Å². The monoisotopic (exact) mass is 377 g/mol. The lowest BCUT2D eigenvalue weighted by molar-refractivity contribution is 0.434. The van der Waals surface area contributed by atoms with Crippen LogP contribution in [0.4, 0.5) is 0 Å². The Bertz CT molecular complexity index is 551. The summed E-state index contributed by atoms with van der Waals surface area (Å²) in [6.07, 6.45) is 26.3. The minimum atomic E-state index is -0.730. The van der Waals surface area contributed by atoms with Crippen molar-refractivity contribution in [1.29, 1.82) is 0 Å². The fourth-order valence-corrected chi connectivity index (χ4v) is 3.31. The summed E-state index contributed by atoms with van der Waals surface area (Å²) >= 11 is 0. The van der Waals surface area contributed by atoms with Gasteiger partial charge in [0.25, 0.3) is 5.43 Å². The van der Waals surface area contributed by atoms with Crippen LogP contribution in [0, 0.1) is 0 Å². The van der Waals surface area contributed by atoms with Gasteiger partial charge in [-0.25, -0.2) is 0 Å². The lowest BCUT2D eigenvalue weighted by Crippen LogP contribution is -2.02. The molecule has 1 aromatic heterocycles. The van der Waals surface area contributed by atoms with Gasteiger partial charge in [-0.05, 0) is 12.8 Å². The molecular weight excluding hydrogens is 338 g/mol. The van der Waals surface area contributed by atoms with Gasteiger partial charge in [-0.3, -0.25) is 4.79 Å². The van der Waals surface area contributed by atoms with Gasteiger partial charge in [0.1, 0.15) is 0 Å². The molecule has 0 fully saturated rings. The van der Waals surface area contributed by atoms with Crippen molar-refractivity contribution in [3.8, 4) is 11.5 Å². The molecule has 0 saturated heterocycles. The molecule has 0 radical (unpaired) electrons. The third-order valence-electron chi connectivity index (χ3n) is 5.01. The Kier molecular flexibility index (Phi) is 13.3. The second-order valence-electron chi connectivity index (χ2n) is 7.57. The van der Waals surface area contributed by atoms with Crippen molar-refractivity contribution in [2.75, 3.05) is 0 Å². The topological polar surface area (TPSA) is 62.5 Å². The predicted molar refractivity (Wildman–Crippen MR) is 114 cm³/mol. The number of pyridine rings is 1. The average molecular weight is 378 g/mol. The molecule has 4 heteroatoms. The van der Waals surface area contributed by atoms with Gasteiger partial charge in [0.2, 0.25) is 0 Å². The largest absolute Gasteiger partial charge is 0.503 e. The number of nitrogens with zero attached hydrogens (tertiary/aromatic N) is 1. The quantitative estimate of drug-likeness (QED) is 0.319. The van der Waals surface area contributed by atoms with E-state index in [9.17, 15) is 15.0 Å². The second kappa shape index (κ2) is 15.4. The number of hydrogen-bond donors (Lipinski definition) is 2. The Labute approximate surface area is 164 Å². The van der Waals surface area contributed by atoms with Crippen molar-refractivity contribution in [3.05, 3.63) is 28.7 Å². The van der Waals surface area contributed by atoms with E-state index in [4.69, 9.17) is 0 Å². The van der Waals surface area contributed by atoms with E-state index in [2.05, 4.69) is 6.92 Å². The fraction of sp³-hybridized carbons (Fsp3) is 0.696. The number of unbranched alkanes of at least 4 members (excludes halogenated alkanes) is 14. The van der Waals surface area contributed by atoms with Crippen LogP contribution in [-0.4, -0.2) is 14.8 Å². The predicted octanol–water partition coefficient (Wildman–Crippen LogP) is 6.60. The van der Waals surface area contributed by atoms with Crippen molar-refractivity contribution in [3.63, 3.8) is 0 Å². The van der Waals surface area contributed by atoms with E-state index in [1.54, 1.807) is 6.20 Å². The number of hydrogen-bond acceptors (Lipinski definition) is 3. The van der Waals surface area contributed by atoms with Crippen LogP contribution in [0.5, 0.6) is 11.5 Å². The Morgan fingerprint density at radius 3 is 1.59 bits per heavy atom. The molecule has 0 saturated carbocycles. The SMILES string of the molecule is CCCCCCCCCCCCCCCCC=Cn1cc(O)c(=O)c(O)c1. The highest BCUT2D eigenvalue weighted by atomic mass is 16.3. The zero-order valence-corrected chi connectivity index (χ0v) is 17.2. The van der Waals surface area contributed by atoms with Gasteiger partial charge >= 0.3 is 0 Å². The normalized spacial score (nSPS) is 11.4. The molecule has 0 bridgehead atoms. The summed E-state index contributed by atoms with van der Waals surface area (Å²) in [6.45, 7) is 2.27. The summed E-state index contributed by atoms with van der Waals surface area (Å²) in [7, 11) is 0. The number of aromatic hydroxyl groups is 2. The molecule has 1 aromatic rings. The lowest BCUT2D eigenvalue weighted by Gasteiger charge is -2.03. The van der Waals surface area contributed by atoms with E-state index in [0.717, 1.165) is 12.8 Å². The van der Waals surface area contributed by atoms with Gasteiger partial charge in [-0.1, -0.05) is 96.5 Å². The van der Waals surface area contributed by atoms with Crippen molar-refractivity contribution in [2.45, 2.75) is 103 Å². The van der Waals surface area contributed by atoms with E-state index in [0.29, 0.717) is 0 Å². The van der Waals surface area contributed by atoms with Gasteiger partial charge in [-0.15, -0.1) is 0 Å². The standard InChI is InChI=1S/C23H39NO3/c1-2-3-4-5-6-7-8-9-10-11-12-13-14-15-16-17-18-24-19-21(25)23(27)22(26)20-24/h17-20,25-26H,2-16H2,1H3. The lowest BCUT2D eigenvalue weighted by atomic mass is 10.0. The fourth-order valence-electron chi connectivity index (χ4n) is 3.31. The third kappa shape index (κ3) is 11.6. The summed E-state index contributed by atoms with van der Waals surface area (Å²) in [5, 5.41) is 18.8. The molecular formula is C23H39NO3. The van der Waals surface area contributed by atoms with Crippen LogP contribution in [0.1, 0.15) is 103 Å². The van der Waals surface area contributed by atoms with Gasteiger partial charge < -0.3 is 14.8 Å². The molecule has 1 heterocycles. The average Bonchev–Trinajstić information content (AvgIpc) is 2.65. The first kappa shape index (κ1) is 23.3. The first-order valence-corrected chi connectivity index (χ1v) is 11.0. The van der Waals surface area contributed by atoms with E-state index < -0.39 is 16.9 Å². The maximum absolute atomic E-state index is 11.2.